The first-order chi connectivity index (χ1) is 6.72. The van der Waals surface area contributed by atoms with Crippen molar-refractivity contribution in [3.8, 4) is 0 Å². The Hall–Kier alpha value is -1.09. The molecule has 0 aromatic carbocycles. The van der Waals surface area contributed by atoms with Crippen LogP contribution in [0.25, 0.3) is 0 Å². The van der Waals surface area contributed by atoms with E-state index < -0.39 is 0 Å². The van der Waals surface area contributed by atoms with Crippen molar-refractivity contribution in [2.24, 2.45) is 0 Å². The van der Waals surface area contributed by atoms with E-state index in [0.717, 1.165) is 12.8 Å². The van der Waals surface area contributed by atoms with Crippen LogP contribution in [0.5, 0.6) is 0 Å². The molecule has 1 rings (SSSR count). The van der Waals surface area contributed by atoms with Crippen LogP contribution in [0.1, 0.15) is 26.2 Å². The van der Waals surface area contributed by atoms with Gasteiger partial charge in [0.05, 0.1) is 0 Å². The number of carbonyl (C=O) groups excluding carboxylic acids is 1. The zero-order valence-electron chi connectivity index (χ0n) is 8.09. The van der Waals surface area contributed by atoms with Crippen LogP contribution in [0.4, 0.5) is 5.82 Å². The minimum atomic E-state index is -0.0124. The molecule has 0 aliphatic rings. The minimum absolute atomic E-state index is 0.0124. The number of nitrogens with zero attached hydrogens (tertiary/aromatic N) is 1. The Morgan fingerprint density at radius 3 is 3.07 bits per heavy atom. The van der Waals surface area contributed by atoms with E-state index in [1.807, 2.05) is 6.92 Å². The van der Waals surface area contributed by atoms with Gasteiger partial charge in [-0.05, 0) is 18.6 Å². The number of hydrogen-bond acceptors (Lipinski definition) is 2. The molecule has 14 heavy (non-hydrogen) atoms. The number of aromatic nitrogens is 1. The Morgan fingerprint density at radius 1 is 1.64 bits per heavy atom. The number of rotatable bonds is 4. The summed E-state index contributed by atoms with van der Waals surface area (Å²) in [6.45, 7) is 2.05. The second kappa shape index (κ2) is 5.60. The van der Waals surface area contributed by atoms with Crippen molar-refractivity contribution in [1.29, 1.82) is 0 Å². The monoisotopic (exact) mass is 212 g/mol. The van der Waals surface area contributed by atoms with Crippen LogP contribution in [0.15, 0.2) is 18.3 Å². The molecule has 0 aliphatic carbocycles. The summed E-state index contributed by atoms with van der Waals surface area (Å²) in [4.78, 5) is 15.3. The maximum atomic E-state index is 11.3. The average molecular weight is 213 g/mol. The molecule has 1 aromatic heterocycles. The van der Waals surface area contributed by atoms with Crippen molar-refractivity contribution in [2.75, 3.05) is 5.32 Å². The Kier molecular flexibility index (Phi) is 4.40. The summed E-state index contributed by atoms with van der Waals surface area (Å²) in [6.07, 6.45) is 4.01. The Labute approximate surface area is 88.5 Å². The van der Waals surface area contributed by atoms with Gasteiger partial charge in [0, 0.05) is 17.6 Å². The van der Waals surface area contributed by atoms with E-state index in [4.69, 9.17) is 11.6 Å². The standard InChI is InChI=1S/C10H13ClN2O/c1-2-3-4-10(14)13-9-7-8(11)5-6-12-9/h5-7H,2-4H2,1H3,(H,12,13,14). The van der Waals surface area contributed by atoms with Crippen LogP contribution in [0.2, 0.25) is 5.02 Å². The highest BCUT2D eigenvalue weighted by Gasteiger charge is 2.02. The molecule has 0 fully saturated rings. The first-order valence-corrected chi connectivity index (χ1v) is 5.01. The number of halogens is 1. The number of carbonyl (C=O) groups is 1. The summed E-state index contributed by atoms with van der Waals surface area (Å²) in [7, 11) is 0. The molecule has 1 amide bonds. The van der Waals surface area contributed by atoms with Crippen LogP contribution in [0, 0.1) is 0 Å². The van der Waals surface area contributed by atoms with Crippen molar-refractivity contribution in [2.45, 2.75) is 26.2 Å². The van der Waals surface area contributed by atoms with Crippen LogP contribution in [-0.2, 0) is 4.79 Å². The largest absolute Gasteiger partial charge is 0.311 e. The second-order valence-electron chi connectivity index (χ2n) is 3.01. The van der Waals surface area contributed by atoms with Gasteiger partial charge in [-0.3, -0.25) is 4.79 Å². The molecule has 1 heterocycles. The molecular weight excluding hydrogens is 200 g/mol. The van der Waals surface area contributed by atoms with Gasteiger partial charge in [0.2, 0.25) is 5.91 Å². The lowest BCUT2D eigenvalue weighted by Crippen LogP contribution is -2.11. The molecule has 1 N–H and O–H groups in total. The molecule has 1 aromatic rings. The average Bonchev–Trinajstić information content (AvgIpc) is 2.15. The number of nitrogens with one attached hydrogen (secondary N) is 1. The summed E-state index contributed by atoms with van der Waals surface area (Å²) in [5.41, 5.74) is 0. The van der Waals surface area contributed by atoms with Crippen LogP contribution in [0.3, 0.4) is 0 Å². The number of anilines is 1. The van der Waals surface area contributed by atoms with Gasteiger partial charge in [-0.25, -0.2) is 4.98 Å². The third-order valence-electron chi connectivity index (χ3n) is 1.75. The highest BCUT2D eigenvalue weighted by molar-refractivity contribution is 6.30. The van der Waals surface area contributed by atoms with E-state index in [2.05, 4.69) is 10.3 Å². The van der Waals surface area contributed by atoms with Crippen LogP contribution in [-0.4, -0.2) is 10.9 Å². The first-order valence-electron chi connectivity index (χ1n) is 4.63. The van der Waals surface area contributed by atoms with Crippen molar-refractivity contribution in [3.63, 3.8) is 0 Å². The van der Waals surface area contributed by atoms with E-state index in [-0.39, 0.29) is 5.91 Å². The number of pyridine rings is 1. The highest BCUT2D eigenvalue weighted by Crippen LogP contribution is 2.12. The van der Waals surface area contributed by atoms with Gasteiger partial charge in [0.1, 0.15) is 5.82 Å². The third-order valence-corrected chi connectivity index (χ3v) is 1.98. The Bertz CT molecular complexity index is 315. The smallest absolute Gasteiger partial charge is 0.225 e. The summed E-state index contributed by atoms with van der Waals surface area (Å²) >= 11 is 5.74. The molecule has 0 aliphatic heterocycles. The van der Waals surface area contributed by atoms with Crippen LogP contribution < -0.4 is 5.32 Å². The van der Waals surface area contributed by atoms with Gasteiger partial charge < -0.3 is 5.32 Å². The number of unbranched alkanes of at least 4 members (excludes halogenated alkanes) is 1. The SMILES string of the molecule is CCCCC(=O)Nc1cc(Cl)ccn1. The highest BCUT2D eigenvalue weighted by atomic mass is 35.5. The summed E-state index contributed by atoms with van der Waals surface area (Å²) < 4.78 is 0. The summed E-state index contributed by atoms with van der Waals surface area (Å²) in [6, 6.07) is 3.30. The van der Waals surface area contributed by atoms with Crippen LogP contribution >= 0.6 is 11.6 Å². The molecule has 0 unspecified atom stereocenters. The van der Waals surface area contributed by atoms with Crippen molar-refractivity contribution in [3.05, 3.63) is 23.4 Å². The zero-order chi connectivity index (χ0) is 10.4. The van der Waals surface area contributed by atoms with Gasteiger partial charge in [-0.2, -0.15) is 0 Å². The molecular formula is C10H13ClN2O. The van der Waals surface area contributed by atoms with E-state index in [1.165, 1.54) is 0 Å². The maximum Gasteiger partial charge on any atom is 0.225 e. The zero-order valence-corrected chi connectivity index (χ0v) is 8.84. The molecule has 76 valence electrons. The fourth-order valence-electron chi connectivity index (χ4n) is 1.02. The van der Waals surface area contributed by atoms with Crippen molar-refractivity contribution < 1.29 is 4.79 Å². The predicted octanol–water partition coefficient (Wildman–Crippen LogP) is 2.86. The van der Waals surface area contributed by atoms with E-state index in [1.54, 1.807) is 18.3 Å². The van der Waals surface area contributed by atoms with Gasteiger partial charge >= 0.3 is 0 Å². The maximum absolute atomic E-state index is 11.3. The molecule has 0 atom stereocenters. The number of hydrogen-bond donors (Lipinski definition) is 1. The predicted molar refractivity (Wildman–Crippen MR) is 57.4 cm³/mol. The lowest BCUT2D eigenvalue weighted by Gasteiger charge is -2.03. The van der Waals surface area contributed by atoms with Gasteiger partial charge in [-0.1, -0.05) is 24.9 Å². The van der Waals surface area contributed by atoms with Gasteiger partial charge in [0.25, 0.3) is 0 Å². The van der Waals surface area contributed by atoms with Gasteiger partial charge in [0.15, 0.2) is 0 Å². The molecule has 0 saturated carbocycles. The third kappa shape index (κ3) is 3.75. The summed E-state index contributed by atoms with van der Waals surface area (Å²) in [5, 5.41) is 3.26. The van der Waals surface area contributed by atoms with Crippen molar-refractivity contribution in [1.82, 2.24) is 4.98 Å². The molecule has 4 heteroatoms. The second-order valence-corrected chi connectivity index (χ2v) is 3.45. The van der Waals surface area contributed by atoms with Gasteiger partial charge in [-0.15, -0.1) is 0 Å². The Balaban J connectivity index is 2.47. The quantitative estimate of drug-likeness (QED) is 0.834. The fraction of sp³-hybridized carbons (Fsp3) is 0.400. The van der Waals surface area contributed by atoms with E-state index >= 15 is 0 Å². The fourth-order valence-corrected chi connectivity index (χ4v) is 1.18. The van der Waals surface area contributed by atoms with Crippen molar-refractivity contribution >= 4 is 23.3 Å². The van der Waals surface area contributed by atoms with E-state index in [9.17, 15) is 4.79 Å². The molecule has 0 bridgehead atoms. The Morgan fingerprint density at radius 2 is 2.43 bits per heavy atom. The summed E-state index contributed by atoms with van der Waals surface area (Å²) in [5.74, 6) is 0.500. The first kappa shape index (κ1) is 11.0. The minimum Gasteiger partial charge on any atom is -0.311 e. The molecule has 0 radical (unpaired) electrons. The number of amides is 1. The molecule has 0 spiro atoms. The normalized spacial score (nSPS) is 9.86. The lowest BCUT2D eigenvalue weighted by molar-refractivity contribution is -0.116. The molecule has 3 nitrogen and oxygen atoms in total. The van der Waals surface area contributed by atoms with E-state index in [0.29, 0.717) is 17.3 Å². The lowest BCUT2D eigenvalue weighted by atomic mass is 10.2. The topological polar surface area (TPSA) is 42.0 Å². The molecule has 0 saturated heterocycles.